The monoisotopic (exact) mass is 172 g/mol. The molecule has 0 N–H and O–H groups in total. The van der Waals surface area contributed by atoms with Crippen molar-refractivity contribution < 1.29 is 4.74 Å². The summed E-state index contributed by atoms with van der Waals surface area (Å²) >= 11 is 0. The summed E-state index contributed by atoms with van der Waals surface area (Å²) in [5.74, 6) is 0. The van der Waals surface area contributed by atoms with Gasteiger partial charge in [-0.3, -0.25) is 0 Å². The fraction of sp³-hybridized carbons (Fsp3) is 1.00. The second-order valence-corrected chi connectivity index (χ2v) is 3.15. The predicted octanol–water partition coefficient (Wildman–Crippen LogP) is 2.55. The number of hydrogen-bond acceptors (Lipinski definition) is 1. The van der Waals surface area contributed by atoms with Crippen LogP contribution in [0.3, 0.4) is 0 Å². The van der Waals surface area contributed by atoms with Crippen LogP contribution in [-0.4, -0.2) is 20.4 Å². The van der Waals surface area contributed by atoms with Crippen LogP contribution in [0.4, 0.5) is 0 Å². The third kappa shape index (κ3) is 6.62. The van der Waals surface area contributed by atoms with Crippen molar-refractivity contribution in [3.8, 4) is 0 Å². The van der Waals surface area contributed by atoms with Crippen molar-refractivity contribution >= 4 is 0 Å². The number of methoxy groups -OCH3 is 1. The predicted molar refractivity (Wildman–Crippen MR) is 52.2 cm³/mol. The molecule has 73 valence electrons. The van der Waals surface area contributed by atoms with Crippen molar-refractivity contribution in [2.75, 3.05) is 14.2 Å². The first-order valence-electron chi connectivity index (χ1n) is 4.96. The molecule has 0 saturated heterocycles. The number of hydrogen-bond donors (Lipinski definition) is 0. The highest BCUT2D eigenvalue weighted by atomic mass is 16.5. The van der Waals surface area contributed by atoms with Gasteiger partial charge in [-0.15, -0.1) is 0 Å². The van der Waals surface area contributed by atoms with Crippen LogP contribution in [0, 0.1) is 0 Å². The van der Waals surface area contributed by atoms with E-state index in [1.165, 1.54) is 32.1 Å². The van der Waals surface area contributed by atoms with Gasteiger partial charge in [-0.1, -0.05) is 32.6 Å². The van der Waals surface area contributed by atoms with Gasteiger partial charge in [-0.05, 0) is 12.8 Å². The molecule has 1 radical (unpaired) electrons. The first-order valence-corrected chi connectivity index (χ1v) is 4.96. The van der Waals surface area contributed by atoms with Gasteiger partial charge in [-0.2, -0.15) is 0 Å². The average Bonchev–Trinajstić information content (AvgIpc) is 2.11. The van der Waals surface area contributed by atoms with Gasteiger partial charge in [0.2, 0.25) is 0 Å². The Labute approximate surface area is 76.7 Å². The minimum absolute atomic E-state index is 0.131. The summed E-state index contributed by atoms with van der Waals surface area (Å²) in [6.07, 6.45) is 7.81. The summed E-state index contributed by atoms with van der Waals surface area (Å²) in [6, 6.07) is 0. The minimum Gasteiger partial charge on any atom is -0.365 e. The molecule has 0 saturated carbocycles. The van der Waals surface area contributed by atoms with Crippen molar-refractivity contribution in [3.63, 3.8) is 0 Å². The van der Waals surface area contributed by atoms with Crippen LogP contribution >= 0.6 is 0 Å². The minimum atomic E-state index is 0.131. The molecule has 0 aliphatic carbocycles. The Morgan fingerprint density at radius 2 is 1.83 bits per heavy atom. The molecular formula is C10H22NO. The number of rotatable bonds is 8. The van der Waals surface area contributed by atoms with Gasteiger partial charge in [-0.25, -0.2) is 5.32 Å². The van der Waals surface area contributed by atoms with Gasteiger partial charge in [0.05, 0.1) is 0 Å². The topological polar surface area (TPSA) is 23.3 Å². The van der Waals surface area contributed by atoms with Gasteiger partial charge in [0.1, 0.15) is 6.23 Å². The zero-order chi connectivity index (χ0) is 9.23. The zero-order valence-electron chi connectivity index (χ0n) is 8.68. The van der Waals surface area contributed by atoms with E-state index in [1.807, 2.05) is 7.05 Å². The molecule has 0 amide bonds. The lowest BCUT2D eigenvalue weighted by Gasteiger charge is -2.11. The fourth-order valence-corrected chi connectivity index (χ4v) is 1.27. The second kappa shape index (κ2) is 9.01. The summed E-state index contributed by atoms with van der Waals surface area (Å²) in [4.78, 5) is 0. The summed E-state index contributed by atoms with van der Waals surface area (Å²) in [5.41, 5.74) is 0. The molecule has 0 aromatic heterocycles. The maximum Gasteiger partial charge on any atom is 0.122 e. The first kappa shape index (κ1) is 11.9. The maximum atomic E-state index is 5.14. The SMILES string of the molecule is CCCCCCCC([N]C)OC. The third-order valence-electron chi connectivity index (χ3n) is 2.11. The van der Waals surface area contributed by atoms with Crippen molar-refractivity contribution in [2.24, 2.45) is 0 Å². The van der Waals surface area contributed by atoms with Gasteiger partial charge in [0.15, 0.2) is 0 Å². The Balaban J connectivity index is 3.06. The van der Waals surface area contributed by atoms with Crippen molar-refractivity contribution in [1.82, 2.24) is 5.32 Å². The lowest BCUT2D eigenvalue weighted by molar-refractivity contribution is 0.0684. The van der Waals surface area contributed by atoms with Gasteiger partial charge in [0, 0.05) is 14.2 Å². The zero-order valence-corrected chi connectivity index (χ0v) is 8.68. The molecule has 2 nitrogen and oxygen atoms in total. The average molecular weight is 172 g/mol. The van der Waals surface area contributed by atoms with E-state index in [9.17, 15) is 0 Å². The molecule has 1 atom stereocenters. The lowest BCUT2D eigenvalue weighted by atomic mass is 10.1. The highest BCUT2D eigenvalue weighted by Gasteiger charge is 2.02. The molecular weight excluding hydrogens is 150 g/mol. The molecule has 0 aliphatic rings. The molecule has 0 rings (SSSR count). The highest BCUT2D eigenvalue weighted by Crippen LogP contribution is 2.07. The maximum absolute atomic E-state index is 5.14. The van der Waals surface area contributed by atoms with Crippen molar-refractivity contribution in [3.05, 3.63) is 0 Å². The summed E-state index contributed by atoms with van der Waals surface area (Å²) in [6.45, 7) is 2.24. The van der Waals surface area contributed by atoms with Gasteiger partial charge < -0.3 is 4.74 Å². The van der Waals surface area contributed by atoms with E-state index in [0.717, 1.165) is 6.42 Å². The van der Waals surface area contributed by atoms with E-state index >= 15 is 0 Å². The van der Waals surface area contributed by atoms with E-state index < -0.39 is 0 Å². The Hall–Kier alpha value is -0.0800. The molecule has 2 heteroatoms. The smallest absolute Gasteiger partial charge is 0.122 e. The van der Waals surface area contributed by atoms with Crippen LogP contribution in [0.5, 0.6) is 0 Å². The van der Waals surface area contributed by atoms with Crippen LogP contribution in [0.2, 0.25) is 0 Å². The van der Waals surface area contributed by atoms with Crippen molar-refractivity contribution in [1.29, 1.82) is 0 Å². The van der Waals surface area contributed by atoms with Crippen LogP contribution in [0.25, 0.3) is 0 Å². The van der Waals surface area contributed by atoms with Crippen LogP contribution < -0.4 is 5.32 Å². The number of ether oxygens (including phenoxy) is 1. The van der Waals surface area contributed by atoms with E-state index in [1.54, 1.807) is 7.11 Å². The van der Waals surface area contributed by atoms with E-state index in [2.05, 4.69) is 12.2 Å². The third-order valence-corrected chi connectivity index (χ3v) is 2.11. The van der Waals surface area contributed by atoms with Gasteiger partial charge >= 0.3 is 0 Å². The Kier molecular flexibility index (Phi) is 8.95. The molecule has 0 aromatic carbocycles. The summed E-state index contributed by atoms with van der Waals surface area (Å²) in [5, 5.41) is 4.10. The molecule has 0 heterocycles. The molecule has 0 bridgehead atoms. The van der Waals surface area contributed by atoms with E-state index in [-0.39, 0.29) is 6.23 Å². The highest BCUT2D eigenvalue weighted by molar-refractivity contribution is 4.51. The molecule has 0 spiro atoms. The molecule has 0 aliphatic heterocycles. The largest absolute Gasteiger partial charge is 0.365 e. The Bertz CT molecular complexity index is 81.9. The van der Waals surface area contributed by atoms with Crippen LogP contribution in [0.1, 0.15) is 45.4 Å². The molecule has 1 unspecified atom stereocenters. The number of unbranched alkanes of at least 4 members (excludes halogenated alkanes) is 4. The Morgan fingerprint density at radius 3 is 2.33 bits per heavy atom. The normalized spacial score (nSPS) is 13.2. The fourth-order valence-electron chi connectivity index (χ4n) is 1.27. The molecule has 0 fully saturated rings. The molecule has 0 aromatic rings. The Morgan fingerprint density at radius 1 is 1.17 bits per heavy atom. The first-order chi connectivity index (χ1) is 5.85. The molecule has 12 heavy (non-hydrogen) atoms. The lowest BCUT2D eigenvalue weighted by Crippen LogP contribution is -2.20. The second-order valence-electron chi connectivity index (χ2n) is 3.15. The van der Waals surface area contributed by atoms with E-state index in [4.69, 9.17) is 4.74 Å². The van der Waals surface area contributed by atoms with Gasteiger partial charge in [0.25, 0.3) is 0 Å². The van der Waals surface area contributed by atoms with Crippen LogP contribution in [0.15, 0.2) is 0 Å². The quantitative estimate of drug-likeness (QED) is 0.516. The number of nitrogens with zero attached hydrogens (tertiary/aromatic N) is 1. The summed E-state index contributed by atoms with van der Waals surface area (Å²) < 4.78 is 5.14. The van der Waals surface area contributed by atoms with E-state index in [0.29, 0.717) is 0 Å². The summed E-state index contributed by atoms with van der Waals surface area (Å²) in [7, 11) is 3.55. The standard InChI is InChI=1S/C10H22NO/c1-4-5-6-7-8-9-10(11-2)12-3/h10H,4-9H2,1-3H3. The van der Waals surface area contributed by atoms with Crippen molar-refractivity contribution in [2.45, 2.75) is 51.7 Å². The van der Waals surface area contributed by atoms with Crippen LogP contribution in [-0.2, 0) is 4.74 Å².